The van der Waals surface area contributed by atoms with E-state index in [0.29, 0.717) is 31.9 Å². The van der Waals surface area contributed by atoms with Gasteiger partial charge in [0.1, 0.15) is 19.0 Å². The average molecular weight is 448 g/mol. The van der Waals surface area contributed by atoms with Gasteiger partial charge in [0.05, 0.1) is 11.0 Å². The van der Waals surface area contributed by atoms with Crippen molar-refractivity contribution in [2.24, 2.45) is 0 Å². The maximum Gasteiger partial charge on any atom is 0.227 e. The van der Waals surface area contributed by atoms with Gasteiger partial charge in [0.2, 0.25) is 5.91 Å². The normalized spacial score (nSPS) is 17.8. The summed E-state index contributed by atoms with van der Waals surface area (Å²) in [6, 6.07) is 14.1. The summed E-state index contributed by atoms with van der Waals surface area (Å²) < 4.78 is 13.7. The number of benzene rings is 2. The zero-order valence-corrected chi connectivity index (χ0v) is 19.5. The van der Waals surface area contributed by atoms with E-state index in [1.165, 1.54) is 37.6 Å². The third kappa shape index (κ3) is 4.56. The molecule has 1 fully saturated rings. The number of hydrogen-bond acceptors (Lipinski definition) is 4. The number of carbonyl (C=O) groups excluding carboxylic acids is 1. The molecule has 0 bridgehead atoms. The van der Waals surface area contributed by atoms with Crippen LogP contribution in [0.2, 0.25) is 0 Å². The first kappa shape index (κ1) is 21.8. The maximum absolute atomic E-state index is 13.0. The smallest absolute Gasteiger partial charge is 0.227 e. The first-order chi connectivity index (χ1) is 16.2. The van der Waals surface area contributed by atoms with Crippen molar-refractivity contribution in [3.05, 3.63) is 48.3 Å². The van der Waals surface area contributed by atoms with Crippen LogP contribution in [0.4, 0.5) is 5.69 Å². The van der Waals surface area contributed by atoms with Crippen molar-refractivity contribution >= 4 is 22.6 Å². The quantitative estimate of drug-likeness (QED) is 0.396. The van der Waals surface area contributed by atoms with Crippen LogP contribution in [0.3, 0.4) is 0 Å². The van der Waals surface area contributed by atoms with Crippen LogP contribution in [0.1, 0.15) is 63.6 Å². The molecule has 2 aromatic carbocycles. The molecule has 5 rings (SSSR count). The Kier molecular flexibility index (Phi) is 6.51. The molecule has 3 heterocycles. The predicted molar refractivity (Wildman–Crippen MR) is 130 cm³/mol. The molecule has 1 atom stereocenters. The molecule has 0 aliphatic carbocycles. The van der Waals surface area contributed by atoms with Gasteiger partial charge in [0, 0.05) is 37.2 Å². The minimum Gasteiger partial charge on any atom is -0.486 e. The van der Waals surface area contributed by atoms with E-state index in [2.05, 4.69) is 29.7 Å². The third-order valence-corrected chi connectivity index (χ3v) is 6.75. The number of nitrogens with zero attached hydrogens (tertiary/aromatic N) is 3. The van der Waals surface area contributed by atoms with Gasteiger partial charge in [-0.15, -0.1) is 0 Å². The fourth-order valence-electron chi connectivity index (χ4n) is 5.02. The van der Waals surface area contributed by atoms with Gasteiger partial charge in [0.15, 0.2) is 11.5 Å². The van der Waals surface area contributed by atoms with Crippen molar-refractivity contribution in [2.75, 3.05) is 24.7 Å². The molecule has 6 nitrogen and oxygen atoms in total. The van der Waals surface area contributed by atoms with Gasteiger partial charge in [-0.05, 0) is 30.7 Å². The summed E-state index contributed by atoms with van der Waals surface area (Å²) in [7, 11) is 0. The Morgan fingerprint density at radius 3 is 2.64 bits per heavy atom. The zero-order valence-electron chi connectivity index (χ0n) is 19.5. The van der Waals surface area contributed by atoms with E-state index >= 15 is 0 Å². The SMILES string of the molecule is CCCCCCCCn1c(C2CC(=O)N(c3ccc4c(c3)OCCO4)C2)nc2ccccc21. The number of amides is 1. The van der Waals surface area contributed by atoms with Crippen LogP contribution in [0.15, 0.2) is 42.5 Å². The summed E-state index contributed by atoms with van der Waals surface area (Å²) in [4.78, 5) is 19.9. The van der Waals surface area contributed by atoms with Crippen molar-refractivity contribution in [3.8, 4) is 11.5 Å². The Bertz CT molecular complexity index is 1120. The van der Waals surface area contributed by atoms with Crippen LogP contribution in [0, 0.1) is 0 Å². The molecular weight excluding hydrogens is 414 g/mol. The highest BCUT2D eigenvalue weighted by molar-refractivity contribution is 5.96. The zero-order chi connectivity index (χ0) is 22.6. The van der Waals surface area contributed by atoms with Crippen molar-refractivity contribution < 1.29 is 14.3 Å². The van der Waals surface area contributed by atoms with Crippen LogP contribution < -0.4 is 14.4 Å². The molecule has 1 unspecified atom stereocenters. The van der Waals surface area contributed by atoms with E-state index in [4.69, 9.17) is 14.5 Å². The van der Waals surface area contributed by atoms with E-state index < -0.39 is 0 Å². The molecule has 2 aliphatic heterocycles. The van der Waals surface area contributed by atoms with Crippen molar-refractivity contribution in [1.29, 1.82) is 0 Å². The van der Waals surface area contributed by atoms with Gasteiger partial charge in [-0.2, -0.15) is 0 Å². The molecule has 33 heavy (non-hydrogen) atoms. The molecule has 0 saturated carbocycles. The van der Waals surface area contributed by atoms with Gasteiger partial charge in [-0.3, -0.25) is 4.79 Å². The number of hydrogen-bond donors (Lipinski definition) is 0. The fraction of sp³-hybridized carbons (Fsp3) is 0.481. The number of aromatic nitrogens is 2. The standard InChI is InChI=1S/C27H33N3O3/c1-2-3-4-5-6-9-14-29-23-11-8-7-10-22(23)28-27(29)20-17-26(31)30(19-20)21-12-13-24-25(18-21)33-16-15-32-24/h7-8,10-13,18,20H,2-6,9,14-17,19H2,1H3. The Morgan fingerprint density at radius 1 is 0.970 bits per heavy atom. The lowest BCUT2D eigenvalue weighted by molar-refractivity contribution is -0.117. The second kappa shape index (κ2) is 9.86. The van der Waals surface area contributed by atoms with E-state index in [0.717, 1.165) is 35.7 Å². The topological polar surface area (TPSA) is 56.6 Å². The van der Waals surface area contributed by atoms with Crippen LogP contribution in [0.25, 0.3) is 11.0 Å². The van der Waals surface area contributed by atoms with Crippen LogP contribution >= 0.6 is 0 Å². The average Bonchev–Trinajstić information content (AvgIpc) is 3.41. The highest BCUT2D eigenvalue weighted by atomic mass is 16.6. The number of anilines is 1. The van der Waals surface area contributed by atoms with Crippen molar-refractivity contribution in [3.63, 3.8) is 0 Å². The Morgan fingerprint density at radius 2 is 1.76 bits per heavy atom. The van der Waals surface area contributed by atoms with Gasteiger partial charge in [0.25, 0.3) is 0 Å². The van der Waals surface area contributed by atoms with Gasteiger partial charge >= 0.3 is 0 Å². The first-order valence-corrected chi connectivity index (χ1v) is 12.4. The number of aryl methyl sites for hydroxylation is 1. The minimum atomic E-state index is 0.0817. The third-order valence-electron chi connectivity index (χ3n) is 6.75. The number of ether oxygens (including phenoxy) is 2. The van der Waals surface area contributed by atoms with E-state index in [1.807, 2.05) is 29.2 Å². The molecular formula is C27H33N3O3. The second-order valence-electron chi connectivity index (χ2n) is 9.11. The molecule has 0 radical (unpaired) electrons. The van der Waals surface area contributed by atoms with Crippen LogP contribution in [-0.2, 0) is 11.3 Å². The number of para-hydroxylation sites is 2. The van der Waals surface area contributed by atoms with E-state index in [1.54, 1.807) is 0 Å². The summed E-state index contributed by atoms with van der Waals surface area (Å²) >= 11 is 0. The number of fused-ring (bicyclic) bond motifs is 2. The second-order valence-corrected chi connectivity index (χ2v) is 9.11. The highest BCUT2D eigenvalue weighted by Crippen LogP contribution is 2.38. The molecule has 0 N–H and O–H groups in total. The van der Waals surface area contributed by atoms with Crippen molar-refractivity contribution in [1.82, 2.24) is 9.55 Å². The Balaban J connectivity index is 1.35. The molecule has 174 valence electrons. The van der Waals surface area contributed by atoms with Crippen molar-refractivity contribution in [2.45, 2.75) is 64.3 Å². The lowest BCUT2D eigenvalue weighted by Gasteiger charge is -2.22. The molecule has 2 aliphatic rings. The number of imidazole rings is 1. The molecule has 3 aromatic rings. The fourth-order valence-corrected chi connectivity index (χ4v) is 5.02. The van der Waals surface area contributed by atoms with Gasteiger partial charge in [-0.25, -0.2) is 4.98 Å². The Labute approximate surface area is 195 Å². The molecule has 1 aromatic heterocycles. The Hall–Kier alpha value is -3.02. The number of rotatable bonds is 9. The van der Waals surface area contributed by atoms with Gasteiger partial charge in [-0.1, -0.05) is 51.2 Å². The molecule has 0 spiro atoms. The largest absolute Gasteiger partial charge is 0.486 e. The summed E-state index contributed by atoms with van der Waals surface area (Å²) in [5, 5.41) is 0. The highest BCUT2D eigenvalue weighted by Gasteiger charge is 2.35. The number of carbonyl (C=O) groups is 1. The summed E-state index contributed by atoms with van der Waals surface area (Å²) in [5.41, 5.74) is 3.06. The lowest BCUT2D eigenvalue weighted by atomic mass is 10.1. The molecule has 6 heteroatoms. The lowest BCUT2D eigenvalue weighted by Crippen LogP contribution is -2.25. The predicted octanol–water partition coefficient (Wildman–Crippen LogP) is 5.69. The summed E-state index contributed by atoms with van der Waals surface area (Å²) in [5.74, 6) is 2.71. The molecule has 1 saturated heterocycles. The summed E-state index contributed by atoms with van der Waals surface area (Å²) in [6.07, 6.45) is 8.05. The summed E-state index contributed by atoms with van der Waals surface area (Å²) in [6.45, 7) is 4.94. The molecule has 1 amide bonds. The minimum absolute atomic E-state index is 0.0817. The maximum atomic E-state index is 13.0. The monoisotopic (exact) mass is 447 g/mol. The first-order valence-electron chi connectivity index (χ1n) is 12.4. The van der Waals surface area contributed by atoms with E-state index in [-0.39, 0.29) is 11.8 Å². The van der Waals surface area contributed by atoms with Crippen LogP contribution in [-0.4, -0.2) is 35.2 Å². The van der Waals surface area contributed by atoms with Gasteiger partial charge < -0.3 is 18.9 Å². The van der Waals surface area contributed by atoms with Crippen LogP contribution in [0.5, 0.6) is 11.5 Å². The number of unbranched alkanes of at least 4 members (excludes halogenated alkanes) is 5. The van der Waals surface area contributed by atoms with E-state index in [9.17, 15) is 4.79 Å².